The SMILES string of the molecule is CCOC(=O)C(=CC(=O)[C@H](C(N)c1ccccc1)N(Cc1ccccc1)Cc1ccccc1)Cc1ccccc1. The van der Waals surface area contributed by atoms with Crippen LogP contribution in [-0.4, -0.2) is 29.3 Å². The Kier molecular flexibility index (Phi) is 10.6. The molecule has 0 fully saturated rings. The van der Waals surface area contributed by atoms with E-state index in [0.29, 0.717) is 18.7 Å². The molecule has 0 radical (unpaired) electrons. The van der Waals surface area contributed by atoms with Gasteiger partial charge in [0.2, 0.25) is 0 Å². The number of carbonyl (C=O) groups is 2. The van der Waals surface area contributed by atoms with Gasteiger partial charge in [-0.05, 0) is 35.3 Å². The largest absolute Gasteiger partial charge is 0.463 e. The molecule has 4 rings (SSSR count). The van der Waals surface area contributed by atoms with E-state index in [1.807, 2.05) is 121 Å². The highest BCUT2D eigenvalue weighted by Gasteiger charge is 2.32. The molecule has 4 aromatic carbocycles. The van der Waals surface area contributed by atoms with Crippen LogP contribution in [0.4, 0.5) is 0 Å². The maximum atomic E-state index is 14.3. The number of nitrogens with zero attached hydrogens (tertiary/aromatic N) is 1. The summed E-state index contributed by atoms with van der Waals surface area (Å²) in [5, 5.41) is 0. The minimum atomic E-state index is -0.733. The van der Waals surface area contributed by atoms with Crippen LogP contribution in [0.2, 0.25) is 0 Å². The summed E-state index contributed by atoms with van der Waals surface area (Å²) in [7, 11) is 0. The number of benzene rings is 4. The molecule has 0 aromatic heterocycles. The maximum Gasteiger partial charge on any atom is 0.334 e. The predicted molar refractivity (Wildman–Crippen MR) is 159 cm³/mol. The average molecular weight is 533 g/mol. The first kappa shape index (κ1) is 28.7. The molecule has 0 saturated carbocycles. The van der Waals surface area contributed by atoms with Gasteiger partial charge in [-0.2, -0.15) is 0 Å². The standard InChI is InChI=1S/C35H36N2O3/c1-2-40-35(39)31(23-27-15-7-3-8-16-27)24-32(38)34(33(36)30-21-13-6-14-22-30)37(25-28-17-9-4-10-18-28)26-29-19-11-5-12-20-29/h3-22,24,33-34H,2,23,25-26,36H2,1H3/t33?,34-/m1/s1. The summed E-state index contributed by atoms with van der Waals surface area (Å²) in [5.74, 6) is -0.730. The van der Waals surface area contributed by atoms with E-state index in [2.05, 4.69) is 4.90 Å². The first-order chi connectivity index (χ1) is 19.5. The van der Waals surface area contributed by atoms with Gasteiger partial charge in [0, 0.05) is 25.1 Å². The molecule has 0 saturated heterocycles. The van der Waals surface area contributed by atoms with Crippen molar-refractivity contribution in [1.82, 2.24) is 4.90 Å². The van der Waals surface area contributed by atoms with Crippen molar-refractivity contribution >= 4 is 11.8 Å². The van der Waals surface area contributed by atoms with Crippen molar-refractivity contribution in [1.29, 1.82) is 0 Å². The molecule has 40 heavy (non-hydrogen) atoms. The minimum absolute atomic E-state index is 0.222. The lowest BCUT2D eigenvalue weighted by Crippen LogP contribution is -2.47. The lowest BCUT2D eigenvalue weighted by Gasteiger charge is -2.34. The van der Waals surface area contributed by atoms with Gasteiger partial charge in [-0.25, -0.2) is 4.79 Å². The molecule has 2 atom stereocenters. The molecule has 5 nitrogen and oxygen atoms in total. The number of hydrogen-bond donors (Lipinski definition) is 1. The zero-order valence-electron chi connectivity index (χ0n) is 22.9. The van der Waals surface area contributed by atoms with Gasteiger partial charge in [0.15, 0.2) is 5.78 Å². The first-order valence-corrected chi connectivity index (χ1v) is 13.6. The number of nitrogens with two attached hydrogens (primary N) is 1. The van der Waals surface area contributed by atoms with Crippen LogP contribution in [0, 0.1) is 0 Å². The van der Waals surface area contributed by atoms with E-state index in [4.69, 9.17) is 10.5 Å². The van der Waals surface area contributed by atoms with E-state index in [1.54, 1.807) is 6.92 Å². The summed E-state index contributed by atoms with van der Waals surface area (Å²) in [6, 6.07) is 38.0. The van der Waals surface area contributed by atoms with Crippen molar-refractivity contribution in [2.24, 2.45) is 5.73 Å². The fraction of sp³-hybridized carbons (Fsp3) is 0.200. The van der Waals surface area contributed by atoms with Crippen LogP contribution < -0.4 is 5.73 Å². The van der Waals surface area contributed by atoms with E-state index in [0.717, 1.165) is 22.3 Å². The molecule has 4 aromatic rings. The van der Waals surface area contributed by atoms with E-state index in [1.165, 1.54) is 6.08 Å². The molecule has 0 heterocycles. The number of ketones is 1. The van der Waals surface area contributed by atoms with Gasteiger partial charge in [-0.3, -0.25) is 9.69 Å². The monoisotopic (exact) mass is 532 g/mol. The third kappa shape index (κ3) is 8.09. The van der Waals surface area contributed by atoms with Crippen molar-refractivity contribution in [3.8, 4) is 0 Å². The van der Waals surface area contributed by atoms with Crippen LogP contribution in [0.5, 0.6) is 0 Å². The highest BCUT2D eigenvalue weighted by molar-refractivity contribution is 6.02. The number of rotatable bonds is 13. The number of carbonyl (C=O) groups excluding carboxylic acids is 2. The molecular formula is C35H36N2O3. The van der Waals surface area contributed by atoms with Crippen LogP contribution in [-0.2, 0) is 33.8 Å². The molecule has 2 N–H and O–H groups in total. The van der Waals surface area contributed by atoms with Gasteiger partial charge >= 0.3 is 5.97 Å². The van der Waals surface area contributed by atoms with Crippen LogP contribution in [0.1, 0.15) is 35.2 Å². The predicted octanol–water partition coefficient (Wildman–Crippen LogP) is 6.06. The summed E-state index contributed by atoms with van der Waals surface area (Å²) in [5.41, 5.74) is 11.1. The molecule has 0 amide bonds. The van der Waals surface area contributed by atoms with E-state index >= 15 is 0 Å². The zero-order chi connectivity index (χ0) is 28.2. The fourth-order valence-corrected chi connectivity index (χ4v) is 4.81. The van der Waals surface area contributed by atoms with E-state index in [9.17, 15) is 9.59 Å². The highest BCUT2D eigenvalue weighted by Crippen LogP contribution is 2.25. The lowest BCUT2D eigenvalue weighted by atomic mass is 9.92. The van der Waals surface area contributed by atoms with Gasteiger partial charge in [-0.15, -0.1) is 0 Å². The molecule has 0 bridgehead atoms. The smallest absolute Gasteiger partial charge is 0.334 e. The number of esters is 1. The summed E-state index contributed by atoms with van der Waals surface area (Å²) < 4.78 is 5.35. The van der Waals surface area contributed by atoms with E-state index in [-0.39, 0.29) is 18.8 Å². The Morgan fingerprint density at radius 3 is 1.65 bits per heavy atom. The second kappa shape index (κ2) is 14.7. The van der Waals surface area contributed by atoms with E-state index < -0.39 is 18.1 Å². The number of hydrogen-bond acceptors (Lipinski definition) is 5. The lowest BCUT2D eigenvalue weighted by molar-refractivity contribution is -0.139. The first-order valence-electron chi connectivity index (χ1n) is 13.6. The Bertz CT molecular complexity index is 1330. The maximum absolute atomic E-state index is 14.3. The quantitative estimate of drug-likeness (QED) is 0.167. The second-order valence-corrected chi connectivity index (χ2v) is 9.71. The van der Waals surface area contributed by atoms with Crippen molar-refractivity contribution in [2.75, 3.05) is 6.61 Å². The highest BCUT2D eigenvalue weighted by atomic mass is 16.5. The van der Waals surface area contributed by atoms with Crippen molar-refractivity contribution in [3.63, 3.8) is 0 Å². The average Bonchev–Trinajstić information content (AvgIpc) is 2.99. The Hall–Kier alpha value is -4.32. The second-order valence-electron chi connectivity index (χ2n) is 9.71. The molecule has 1 unspecified atom stereocenters. The van der Waals surface area contributed by atoms with Gasteiger partial charge in [0.05, 0.1) is 18.7 Å². The van der Waals surface area contributed by atoms with Gasteiger partial charge in [-0.1, -0.05) is 121 Å². The molecule has 204 valence electrons. The van der Waals surface area contributed by atoms with Crippen LogP contribution in [0.3, 0.4) is 0 Å². The summed E-state index contributed by atoms with van der Waals surface area (Å²) in [6.07, 6.45) is 1.73. The molecule has 5 heteroatoms. The van der Waals surface area contributed by atoms with Crippen molar-refractivity contribution < 1.29 is 14.3 Å². The molecule has 0 spiro atoms. The Labute approximate surface area is 236 Å². The molecule has 0 aliphatic carbocycles. The summed E-state index contributed by atoms with van der Waals surface area (Å²) in [6.45, 7) is 3.00. The number of ether oxygens (including phenoxy) is 1. The van der Waals surface area contributed by atoms with Crippen LogP contribution >= 0.6 is 0 Å². The van der Waals surface area contributed by atoms with Crippen LogP contribution in [0.15, 0.2) is 133 Å². The molecular weight excluding hydrogens is 496 g/mol. The Morgan fingerprint density at radius 2 is 1.18 bits per heavy atom. The van der Waals surface area contributed by atoms with Crippen molar-refractivity contribution in [3.05, 3.63) is 155 Å². The Morgan fingerprint density at radius 1 is 0.725 bits per heavy atom. The molecule has 0 aliphatic rings. The molecule has 0 aliphatic heterocycles. The zero-order valence-corrected chi connectivity index (χ0v) is 22.9. The topological polar surface area (TPSA) is 72.6 Å². The van der Waals surface area contributed by atoms with Crippen molar-refractivity contribution in [2.45, 2.75) is 38.5 Å². The van der Waals surface area contributed by atoms with Gasteiger partial charge < -0.3 is 10.5 Å². The summed E-state index contributed by atoms with van der Waals surface area (Å²) >= 11 is 0. The third-order valence-corrected chi connectivity index (χ3v) is 6.76. The Balaban J connectivity index is 1.77. The van der Waals surface area contributed by atoms with Gasteiger partial charge in [0.25, 0.3) is 0 Å². The van der Waals surface area contributed by atoms with Gasteiger partial charge in [0.1, 0.15) is 0 Å². The normalized spacial score (nSPS) is 13.0. The summed E-state index contributed by atoms with van der Waals surface area (Å²) in [4.78, 5) is 29.4. The minimum Gasteiger partial charge on any atom is -0.463 e. The van der Waals surface area contributed by atoms with Crippen LogP contribution in [0.25, 0.3) is 0 Å². The third-order valence-electron chi connectivity index (χ3n) is 6.76. The fourth-order valence-electron chi connectivity index (χ4n) is 4.81.